The second-order valence-electron chi connectivity index (χ2n) is 8.03. The third-order valence-corrected chi connectivity index (χ3v) is 5.31. The molecule has 3 unspecified atom stereocenters. The van der Waals surface area contributed by atoms with Crippen LogP contribution in [0.1, 0.15) is 66.2 Å². The van der Waals surface area contributed by atoms with Crippen molar-refractivity contribution in [3.8, 4) is 0 Å². The van der Waals surface area contributed by atoms with Crippen molar-refractivity contribution < 1.29 is 0 Å². The Balaban J connectivity index is 1.92. The van der Waals surface area contributed by atoms with Crippen LogP contribution >= 0.6 is 0 Å². The van der Waals surface area contributed by atoms with Crippen LogP contribution in [0.3, 0.4) is 0 Å². The Bertz CT molecular complexity index is 277. The minimum atomic E-state index is 0.441. The maximum atomic E-state index is 6.42. The van der Waals surface area contributed by atoms with E-state index in [0.29, 0.717) is 11.5 Å². The minimum absolute atomic E-state index is 0.441. The van der Waals surface area contributed by atoms with Gasteiger partial charge in [0.15, 0.2) is 0 Å². The molecule has 112 valence electrons. The van der Waals surface area contributed by atoms with Gasteiger partial charge in [0.1, 0.15) is 0 Å². The standard InChI is InChI=1S/C17H34N2/c1-5-10-19(15-7-8-15)12-13-11-14(17(2,3)4)6-9-16(13)18/h13-16H,5-12,18H2,1-4H3. The number of nitrogens with zero attached hydrogens (tertiary/aromatic N) is 1. The first-order valence-electron chi connectivity index (χ1n) is 8.41. The SMILES string of the molecule is CCCN(CC1CC(C(C)(C)C)CCC1N)C1CC1. The van der Waals surface area contributed by atoms with Crippen LogP contribution in [0, 0.1) is 17.3 Å². The van der Waals surface area contributed by atoms with E-state index in [4.69, 9.17) is 5.73 Å². The summed E-state index contributed by atoms with van der Waals surface area (Å²) in [5.74, 6) is 1.59. The third kappa shape index (κ3) is 4.19. The summed E-state index contributed by atoms with van der Waals surface area (Å²) in [5.41, 5.74) is 6.87. The van der Waals surface area contributed by atoms with Crippen molar-refractivity contribution in [3.63, 3.8) is 0 Å². The summed E-state index contributed by atoms with van der Waals surface area (Å²) in [6.07, 6.45) is 8.03. The highest BCUT2D eigenvalue weighted by atomic mass is 15.2. The highest BCUT2D eigenvalue weighted by Crippen LogP contribution is 2.40. The summed E-state index contributed by atoms with van der Waals surface area (Å²) < 4.78 is 0. The van der Waals surface area contributed by atoms with Gasteiger partial charge in [-0.2, -0.15) is 0 Å². The fourth-order valence-corrected chi connectivity index (χ4v) is 3.73. The fourth-order valence-electron chi connectivity index (χ4n) is 3.73. The first-order chi connectivity index (χ1) is 8.91. The predicted octanol–water partition coefficient (Wildman–Crippen LogP) is 3.65. The lowest BCUT2D eigenvalue weighted by molar-refractivity contribution is 0.0964. The van der Waals surface area contributed by atoms with Crippen molar-refractivity contribution >= 4 is 0 Å². The van der Waals surface area contributed by atoms with Gasteiger partial charge in [0.25, 0.3) is 0 Å². The molecule has 2 aliphatic rings. The highest BCUT2D eigenvalue weighted by molar-refractivity contribution is 4.92. The maximum absolute atomic E-state index is 6.42. The van der Waals surface area contributed by atoms with E-state index in [0.717, 1.165) is 17.9 Å². The zero-order valence-corrected chi connectivity index (χ0v) is 13.5. The fraction of sp³-hybridized carbons (Fsp3) is 1.00. The van der Waals surface area contributed by atoms with Gasteiger partial charge in [-0.05, 0) is 62.3 Å². The van der Waals surface area contributed by atoms with Crippen LogP contribution in [-0.4, -0.2) is 30.1 Å². The number of hydrogen-bond donors (Lipinski definition) is 1. The molecular formula is C17H34N2. The first-order valence-corrected chi connectivity index (χ1v) is 8.41. The lowest BCUT2D eigenvalue weighted by Gasteiger charge is -2.42. The predicted molar refractivity (Wildman–Crippen MR) is 83.1 cm³/mol. The van der Waals surface area contributed by atoms with Crippen LogP contribution in [0.2, 0.25) is 0 Å². The molecule has 2 rings (SSSR count). The molecule has 0 heterocycles. The van der Waals surface area contributed by atoms with E-state index in [9.17, 15) is 0 Å². The largest absolute Gasteiger partial charge is 0.327 e. The lowest BCUT2D eigenvalue weighted by atomic mass is 9.67. The Morgan fingerprint density at radius 3 is 2.32 bits per heavy atom. The van der Waals surface area contributed by atoms with Crippen LogP contribution in [0.15, 0.2) is 0 Å². The Morgan fingerprint density at radius 1 is 1.11 bits per heavy atom. The molecule has 2 saturated carbocycles. The van der Waals surface area contributed by atoms with E-state index in [1.165, 1.54) is 51.6 Å². The Morgan fingerprint density at radius 2 is 1.79 bits per heavy atom. The molecule has 19 heavy (non-hydrogen) atoms. The van der Waals surface area contributed by atoms with E-state index in [1.54, 1.807) is 0 Å². The third-order valence-electron chi connectivity index (χ3n) is 5.31. The van der Waals surface area contributed by atoms with E-state index in [1.807, 2.05) is 0 Å². The number of nitrogens with two attached hydrogens (primary N) is 1. The van der Waals surface area contributed by atoms with Crippen molar-refractivity contribution in [1.82, 2.24) is 4.90 Å². The molecule has 0 aromatic carbocycles. The zero-order chi connectivity index (χ0) is 14.0. The second kappa shape index (κ2) is 6.13. The Kier molecular flexibility index (Phi) is 4.94. The van der Waals surface area contributed by atoms with Gasteiger partial charge < -0.3 is 10.6 Å². The molecule has 0 radical (unpaired) electrons. The Labute approximate surface area is 120 Å². The monoisotopic (exact) mass is 266 g/mol. The molecule has 2 fully saturated rings. The molecule has 0 bridgehead atoms. The molecule has 2 heteroatoms. The zero-order valence-electron chi connectivity index (χ0n) is 13.5. The van der Waals surface area contributed by atoms with Gasteiger partial charge in [-0.25, -0.2) is 0 Å². The van der Waals surface area contributed by atoms with E-state index >= 15 is 0 Å². The average Bonchev–Trinajstić information content (AvgIpc) is 3.13. The van der Waals surface area contributed by atoms with Crippen LogP contribution in [0.4, 0.5) is 0 Å². The van der Waals surface area contributed by atoms with E-state index < -0.39 is 0 Å². The molecular weight excluding hydrogens is 232 g/mol. The summed E-state index contributed by atoms with van der Waals surface area (Å²) >= 11 is 0. The van der Waals surface area contributed by atoms with Crippen LogP contribution in [0.25, 0.3) is 0 Å². The van der Waals surface area contributed by atoms with Gasteiger partial charge in [-0.15, -0.1) is 0 Å². The average molecular weight is 266 g/mol. The van der Waals surface area contributed by atoms with Crippen molar-refractivity contribution in [1.29, 1.82) is 0 Å². The number of hydrogen-bond acceptors (Lipinski definition) is 2. The molecule has 0 aromatic heterocycles. The molecule has 0 spiro atoms. The van der Waals surface area contributed by atoms with Gasteiger partial charge in [0.2, 0.25) is 0 Å². The quantitative estimate of drug-likeness (QED) is 0.823. The Hall–Kier alpha value is -0.0800. The lowest BCUT2D eigenvalue weighted by Crippen LogP contribution is -2.45. The molecule has 0 aromatic rings. The van der Waals surface area contributed by atoms with E-state index in [2.05, 4.69) is 32.6 Å². The van der Waals surface area contributed by atoms with Crippen LogP contribution < -0.4 is 5.73 Å². The topological polar surface area (TPSA) is 29.3 Å². The summed E-state index contributed by atoms with van der Waals surface area (Å²) in [6.45, 7) is 12.0. The van der Waals surface area contributed by atoms with Crippen LogP contribution in [0.5, 0.6) is 0 Å². The summed E-state index contributed by atoms with van der Waals surface area (Å²) in [5, 5.41) is 0. The second-order valence-corrected chi connectivity index (χ2v) is 8.03. The molecule has 0 amide bonds. The first kappa shape index (κ1) is 15.3. The summed E-state index contributed by atoms with van der Waals surface area (Å²) in [4.78, 5) is 2.73. The maximum Gasteiger partial charge on any atom is 0.00965 e. The van der Waals surface area contributed by atoms with E-state index in [-0.39, 0.29) is 0 Å². The van der Waals surface area contributed by atoms with Gasteiger partial charge in [-0.1, -0.05) is 27.7 Å². The van der Waals surface area contributed by atoms with Crippen molar-refractivity contribution in [2.75, 3.05) is 13.1 Å². The van der Waals surface area contributed by atoms with Gasteiger partial charge in [0, 0.05) is 18.6 Å². The van der Waals surface area contributed by atoms with Gasteiger partial charge >= 0.3 is 0 Å². The molecule has 3 atom stereocenters. The summed E-state index contributed by atoms with van der Waals surface area (Å²) in [6, 6.07) is 1.33. The molecule has 2 nitrogen and oxygen atoms in total. The highest BCUT2D eigenvalue weighted by Gasteiger charge is 2.37. The minimum Gasteiger partial charge on any atom is -0.327 e. The molecule has 2 aliphatic carbocycles. The normalized spacial score (nSPS) is 32.8. The molecule has 2 N–H and O–H groups in total. The summed E-state index contributed by atoms with van der Waals surface area (Å²) in [7, 11) is 0. The van der Waals surface area contributed by atoms with Crippen LogP contribution in [-0.2, 0) is 0 Å². The van der Waals surface area contributed by atoms with Crippen molar-refractivity contribution in [2.24, 2.45) is 23.0 Å². The molecule has 0 aliphatic heterocycles. The van der Waals surface area contributed by atoms with Gasteiger partial charge in [0.05, 0.1) is 0 Å². The smallest absolute Gasteiger partial charge is 0.00965 e. The molecule has 0 saturated heterocycles. The number of rotatable bonds is 5. The van der Waals surface area contributed by atoms with Crippen molar-refractivity contribution in [2.45, 2.75) is 78.3 Å². The van der Waals surface area contributed by atoms with Gasteiger partial charge in [-0.3, -0.25) is 0 Å². The van der Waals surface area contributed by atoms with Crippen molar-refractivity contribution in [3.05, 3.63) is 0 Å².